The van der Waals surface area contributed by atoms with E-state index in [0.29, 0.717) is 18.3 Å². The van der Waals surface area contributed by atoms with Gasteiger partial charge in [0.05, 0.1) is 0 Å². The van der Waals surface area contributed by atoms with Gasteiger partial charge in [-0.2, -0.15) is 4.98 Å². The van der Waals surface area contributed by atoms with Crippen molar-refractivity contribution in [1.82, 2.24) is 20.8 Å². The van der Waals surface area contributed by atoms with Crippen LogP contribution in [0.2, 0.25) is 0 Å². The first kappa shape index (κ1) is 22.1. The molecule has 1 aromatic rings. The van der Waals surface area contributed by atoms with Gasteiger partial charge >= 0.3 is 0 Å². The molecule has 7 heteroatoms. The molecule has 134 valence electrons. The van der Waals surface area contributed by atoms with Gasteiger partial charge < -0.3 is 15.2 Å². The summed E-state index contributed by atoms with van der Waals surface area (Å²) < 4.78 is 4.94. The number of halogens is 1. The van der Waals surface area contributed by atoms with E-state index in [0.717, 1.165) is 25.0 Å². The Labute approximate surface area is 157 Å². The second-order valence-corrected chi connectivity index (χ2v) is 5.95. The number of guanidine groups is 1. The van der Waals surface area contributed by atoms with Crippen LogP contribution in [0.5, 0.6) is 0 Å². The lowest BCUT2D eigenvalue weighted by Gasteiger charge is -2.10. The first-order chi connectivity index (χ1) is 10.6. The van der Waals surface area contributed by atoms with E-state index in [1.807, 2.05) is 0 Å². The van der Waals surface area contributed by atoms with Crippen molar-refractivity contribution < 1.29 is 4.52 Å². The highest BCUT2D eigenvalue weighted by atomic mass is 127. The second kappa shape index (κ2) is 13.6. The number of aryl methyl sites for hydroxylation is 1. The van der Waals surface area contributed by atoms with Gasteiger partial charge in [-0.25, -0.2) is 4.99 Å². The summed E-state index contributed by atoms with van der Waals surface area (Å²) in [6.07, 6.45) is 6.42. The number of hydrogen-bond donors (Lipinski definition) is 2. The van der Waals surface area contributed by atoms with Crippen LogP contribution in [-0.2, 0) is 6.54 Å². The van der Waals surface area contributed by atoms with Gasteiger partial charge in [0.2, 0.25) is 5.89 Å². The van der Waals surface area contributed by atoms with Crippen LogP contribution in [0.4, 0.5) is 0 Å². The zero-order valence-corrected chi connectivity index (χ0v) is 17.2. The van der Waals surface area contributed by atoms with Gasteiger partial charge in [0, 0.05) is 20.0 Å². The molecule has 0 atom stereocenters. The zero-order valence-electron chi connectivity index (χ0n) is 14.9. The molecule has 1 aromatic heterocycles. The molecule has 0 fully saturated rings. The van der Waals surface area contributed by atoms with Gasteiger partial charge in [-0.3, -0.25) is 0 Å². The maximum atomic E-state index is 4.94. The Morgan fingerprint density at radius 2 is 1.91 bits per heavy atom. The van der Waals surface area contributed by atoms with Gasteiger partial charge in [-0.15, -0.1) is 24.0 Å². The highest BCUT2D eigenvalue weighted by molar-refractivity contribution is 14.0. The molecule has 0 radical (unpaired) electrons. The van der Waals surface area contributed by atoms with Crippen LogP contribution in [0.1, 0.15) is 64.6 Å². The standard InChI is InChI=1S/C16H31N5O.HI/c1-5-17-16(19-12-15-20-14(4)22-21-15)18-11-9-7-6-8-10-13(2)3;/h13H,5-12H2,1-4H3,(H2,17,18,19);1H. The minimum Gasteiger partial charge on any atom is -0.357 e. The third-order valence-electron chi connectivity index (χ3n) is 3.29. The van der Waals surface area contributed by atoms with Crippen molar-refractivity contribution in [2.45, 2.75) is 66.3 Å². The number of rotatable bonds is 10. The average Bonchev–Trinajstić information content (AvgIpc) is 2.89. The van der Waals surface area contributed by atoms with Gasteiger partial charge in [0.15, 0.2) is 11.8 Å². The van der Waals surface area contributed by atoms with Crippen LogP contribution in [0.15, 0.2) is 9.52 Å². The summed E-state index contributed by atoms with van der Waals surface area (Å²) in [5.74, 6) is 2.82. The monoisotopic (exact) mass is 437 g/mol. The van der Waals surface area contributed by atoms with Crippen LogP contribution in [-0.4, -0.2) is 29.2 Å². The lowest BCUT2D eigenvalue weighted by Crippen LogP contribution is -2.37. The molecule has 0 aliphatic heterocycles. The SMILES string of the molecule is CCNC(=NCc1noc(C)n1)NCCCCCCC(C)C.I. The van der Waals surface area contributed by atoms with Gasteiger partial charge in [-0.1, -0.05) is 44.7 Å². The highest BCUT2D eigenvalue weighted by Crippen LogP contribution is 2.08. The molecule has 0 aliphatic rings. The third kappa shape index (κ3) is 11.3. The fourth-order valence-corrected chi connectivity index (χ4v) is 2.13. The molecule has 0 aromatic carbocycles. The van der Waals surface area contributed by atoms with Crippen molar-refractivity contribution in [2.24, 2.45) is 10.9 Å². The average molecular weight is 437 g/mol. The quantitative estimate of drug-likeness (QED) is 0.253. The molecule has 0 bridgehead atoms. The van der Waals surface area contributed by atoms with E-state index in [9.17, 15) is 0 Å². The predicted molar refractivity (Wildman–Crippen MR) is 105 cm³/mol. The topological polar surface area (TPSA) is 75.3 Å². The van der Waals surface area contributed by atoms with E-state index in [2.05, 4.69) is 46.5 Å². The molecule has 0 spiro atoms. The van der Waals surface area contributed by atoms with E-state index in [1.165, 1.54) is 32.1 Å². The smallest absolute Gasteiger partial charge is 0.223 e. The summed E-state index contributed by atoms with van der Waals surface area (Å²) in [6, 6.07) is 0. The Hall–Kier alpha value is -0.860. The summed E-state index contributed by atoms with van der Waals surface area (Å²) >= 11 is 0. The lowest BCUT2D eigenvalue weighted by atomic mass is 10.0. The molecule has 1 heterocycles. The molecule has 0 saturated carbocycles. The summed E-state index contributed by atoms with van der Waals surface area (Å²) in [5, 5.41) is 10.4. The maximum Gasteiger partial charge on any atom is 0.223 e. The van der Waals surface area contributed by atoms with E-state index < -0.39 is 0 Å². The first-order valence-electron chi connectivity index (χ1n) is 8.43. The molecular weight excluding hydrogens is 405 g/mol. The Morgan fingerprint density at radius 3 is 2.52 bits per heavy atom. The molecule has 6 nitrogen and oxygen atoms in total. The zero-order chi connectivity index (χ0) is 16.2. The van der Waals surface area contributed by atoms with Crippen LogP contribution < -0.4 is 10.6 Å². The van der Waals surface area contributed by atoms with Gasteiger partial charge in [0.1, 0.15) is 6.54 Å². The maximum absolute atomic E-state index is 4.94. The van der Waals surface area contributed by atoms with Crippen LogP contribution in [0.3, 0.4) is 0 Å². The van der Waals surface area contributed by atoms with Crippen molar-refractivity contribution in [2.75, 3.05) is 13.1 Å². The predicted octanol–water partition coefficient (Wildman–Crippen LogP) is 3.66. The van der Waals surface area contributed by atoms with Crippen molar-refractivity contribution in [3.8, 4) is 0 Å². The Bertz CT molecular complexity index is 434. The van der Waals surface area contributed by atoms with E-state index in [1.54, 1.807) is 6.92 Å². The van der Waals surface area contributed by atoms with Crippen LogP contribution in [0.25, 0.3) is 0 Å². The normalized spacial score (nSPS) is 11.4. The van der Waals surface area contributed by atoms with Crippen molar-refractivity contribution in [1.29, 1.82) is 0 Å². The Balaban J connectivity index is 0.00000484. The number of nitrogens with one attached hydrogen (secondary N) is 2. The van der Waals surface area contributed by atoms with Gasteiger partial charge in [-0.05, 0) is 19.3 Å². The van der Waals surface area contributed by atoms with Gasteiger partial charge in [0.25, 0.3) is 0 Å². The highest BCUT2D eigenvalue weighted by Gasteiger charge is 2.02. The third-order valence-corrected chi connectivity index (χ3v) is 3.29. The molecule has 2 N–H and O–H groups in total. The van der Waals surface area contributed by atoms with Crippen molar-refractivity contribution in [3.63, 3.8) is 0 Å². The fourth-order valence-electron chi connectivity index (χ4n) is 2.13. The molecule has 1 rings (SSSR count). The van der Waals surface area contributed by atoms with Crippen molar-refractivity contribution in [3.05, 3.63) is 11.7 Å². The number of nitrogens with zero attached hydrogens (tertiary/aromatic N) is 3. The van der Waals surface area contributed by atoms with E-state index in [-0.39, 0.29) is 24.0 Å². The Morgan fingerprint density at radius 1 is 1.17 bits per heavy atom. The number of hydrogen-bond acceptors (Lipinski definition) is 4. The summed E-state index contributed by atoms with van der Waals surface area (Å²) in [5.41, 5.74) is 0. The van der Waals surface area contributed by atoms with E-state index in [4.69, 9.17) is 4.52 Å². The summed E-state index contributed by atoms with van der Waals surface area (Å²) in [7, 11) is 0. The number of aliphatic imine (C=N–C) groups is 1. The van der Waals surface area contributed by atoms with Crippen LogP contribution in [0, 0.1) is 12.8 Å². The number of unbranched alkanes of at least 4 members (excludes halogenated alkanes) is 3. The second-order valence-electron chi connectivity index (χ2n) is 5.95. The molecular formula is C16H32IN5O. The fraction of sp³-hybridized carbons (Fsp3) is 0.812. The summed E-state index contributed by atoms with van der Waals surface area (Å²) in [4.78, 5) is 8.61. The largest absolute Gasteiger partial charge is 0.357 e. The Kier molecular flexibility index (Phi) is 13.1. The molecule has 23 heavy (non-hydrogen) atoms. The minimum atomic E-state index is 0. The molecule has 0 saturated heterocycles. The van der Waals surface area contributed by atoms with E-state index >= 15 is 0 Å². The van der Waals surface area contributed by atoms with Crippen molar-refractivity contribution >= 4 is 29.9 Å². The molecule has 0 aliphatic carbocycles. The van der Waals surface area contributed by atoms with Crippen LogP contribution >= 0.6 is 24.0 Å². The first-order valence-corrected chi connectivity index (χ1v) is 8.43. The summed E-state index contributed by atoms with van der Waals surface area (Å²) in [6.45, 7) is 10.6. The lowest BCUT2D eigenvalue weighted by molar-refractivity contribution is 0.387. The number of aromatic nitrogens is 2. The minimum absolute atomic E-state index is 0. The molecule has 0 unspecified atom stereocenters. The molecule has 0 amide bonds.